The van der Waals surface area contributed by atoms with E-state index in [1.54, 1.807) is 11.3 Å². The molecular formula is C8H7NS. The molecule has 1 aromatic rings. The number of thiophene rings is 1. The summed E-state index contributed by atoms with van der Waals surface area (Å²) in [5, 5.41) is 6.46. The molecule has 10 heavy (non-hydrogen) atoms. The highest BCUT2D eigenvalue weighted by molar-refractivity contribution is 7.07. The second-order valence-electron chi connectivity index (χ2n) is 2.08. The second-order valence-corrected chi connectivity index (χ2v) is 3.02. The highest BCUT2D eigenvalue weighted by atomic mass is 32.1. The minimum absolute atomic E-state index is 1.30. The van der Waals surface area contributed by atoms with Crippen molar-refractivity contribution in [2.75, 3.05) is 0 Å². The molecule has 2 heterocycles. The van der Waals surface area contributed by atoms with Crippen LogP contribution < -0.4 is 15.1 Å². The van der Waals surface area contributed by atoms with Gasteiger partial charge in [0, 0.05) is 12.4 Å². The van der Waals surface area contributed by atoms with Crippen LogP contribution in [0.25, 0.3) is 12.3 Å². The minimum atomic E-state index is 1.30. The van der Waals surface area contributed by atoms with E-state index in [9.17, 15) is 0 Å². The molecule has 0 aromatic carbocycles. The van der Waals surface area contributed by atoms with Crippen LogP contribution in [-0.2, 0) is 0 Å². The van der Waals surface area contributed by atoms with Gasteiger partial charge < -0.3 is 5.32 Å². The molecular weight excluding hydrogens is 142 g/mol. The topological polar surface area (TPSA) is 12.0 Å². The number of hydrogen-bond donors (Lipinski definition) is 1. The van der Waals surface area contributed by atoms with Gasteiger partial charge in [-0.2, -0.15) is 0 Å². The summed E-state index contributed by atoms with van der Waals surface area (Å²) in [6.07, 6.45) is 8.05. The molecule has 0 unspecified atom stereocenters. The molecule has 0 bridgehead atoms. The molecule has 0 radical (unpaired) electrons. The van der Waals surface area contributed by atoms with E-state index in [0.29, 0.717) is 0 Å². The van der Waals surface area contributed by atoms with Crippen molar-refractivity contribution in [3.05, 3.63) is 33.5 Å². The monoisotopic (exact) mass is 149 g/mol. The minimum Gasteiger partial charge on any atom is -0.366 e. The molecule has 0 spiro atoms. The van der Waals surface area contributed by atoms with Crippen molar-refractivity contribution in [2.45, 2.75) is 0 Å². The number of rotatable bonds is 0. The van der Waals surface area contributed by atoms with E-state index in [0.717, 1.165) is 0 Å². The summed E-state index contributed by atoms with van der Waals surface area (Å²) in [6.45, 7) is 0. The number of hydrogen-bond acceptors (Lipinski definition) is 2. The maximum absolute atomic E-state index is 3.06. The van der Waals surface area contributed by atoms with Gasteiger partial charge in [0.05, 0.1) is 4.53 Å². The first kappa shape index (κ1) is 5.74. The van der Waals surface area contributed by atoms with Crippen molar-refractivity contribution in [2.24, 2.45) is 0 Å². The molecule has 0 aliphatic carbocycles. The number of fused-ring (bicyclic) bond motifs is 1. The van der Waals surface area contributed by atoms with Crippen LogP contribution in [0, 0.1) is 0 Å². The summed E-state index contributed by atoms with van der Waals surface area (Å²) in [5.41, 5.74) is 0. The molecule has 1 aliphatic rings. The second kappa shape index (κ2) is 2.31. The molecule has 2 rings (SSSR count). The van der Waals surface area contributed by atoms with Crippen molar-refractivity contribution in [3.63, 3.8) is 0 Å². The van der Waals surface area contributed by atoms with Gasteiger partial charge in [0.1, 0.15) is 0 Å². The van der Waals surface area contributed by atoms with Gasteiger partial charge in [0.15, 0.2) is 0 Å². The Hall–Kier alpha value is -1.02. The molecule has 2 heteroatoms. The molecule has 1 aliphatic heterocycles. The first-order valence-corrected chi connectivity index (χ1v) is 4.01. The SMILES string of the molecule is C1=CNC=c2sccc2=C1. The molecule has 0 amide bonds. The maximum atomic E-state index is 3.06. The van der Waals surface area contributed by atoms with Crippen molar-refractivity contribution in [3.8, 4) is 0 Å². The third-order valence-electron chi connectivity index (χ3n) is 1.41. The maximum Gasteiger partial charge on any atom is 0.0502 e. The first-order chi connectivity index (χ1) is 4.97. The van der Waals surface area contributed by atoms with Crippen molar-refractivity contribution in [1.82, 2.24) is 5.32 Å². The Morgan fingerprint density at radius 2 is 2.40 bits per heavy atom. The zero-order valence-electron chi connectivity index (χ0n) is 5.37. The van der Waals surface area contributed by atoms with Crippen LogP contribution in [0.3, 0.4) is 0 Å². The standard InChI is InChI=1S/C8H7NS/c1-2-7-3-5-10-8(7)6-9-4-1/h1-6,9H. The van der Waals surface area contributed by atoms with Gasteiger partial charge in [-0.25, -0.2) is 0 Å². The van der Waals surface area contributed by atoms with Gasteiger partial charge in [-0.3, -0.25) is 0 Å². The number of nitrogens with one attached hydrogen (secondary N) is 1. The lowest BCUT2D eigenvalue weighted by Gasteiger charge is -1.80. The lowest BCUT2D eigenvalue weighted by atomic mass is 10.4. The van der Waals surface area contributed by atoms with Crippen LogP contribution in [0.15, 0.2) is 23.7 Å². The molecule has 1 N–H and O–H groups in total. The smallest absolute Gasteiger partial charge is 0.0502 e. The van der Waals surface area contributed by atoms with Crippen LogP contribution in [0.4, 0.5) is 0 Å². The van der Waals surface area contributed by atoms with Gasteiger partial charge in [-0.15, -0.1) is 11.3 Å². The van der Waals surface area contributed by atoms with Gasteiger partial charge >= 0.3 is 0 Å². The summed E-state index contributed by atoms with van der Waals surface area (Å²) >= 11 is 1.75. The van der Waals surface area contributed by atoms with Crippen molar-refractivity contribution >= 4 is 23.6 Å². The van der Waals surface area contributed by atoms with E-state index in [1.165, 1.54) is 9.75 Å². The molecule has 1 nitrogen and oxygen atoms in total. The molecule has 0 saturated heterocycles. The average Bonchev–Trinajstić information content (AvgIpc) is 2.28. The van der Waals surface area contributed by atoms with Crippen LogP contribution >= 0.6 is 11.3 Å². The van der Waals surface area contributed by atoms with Gasteiger partial charge in [-0.05, 0) is 22.7 Å². The molecule has 1 aromatic heterocycles. The Morgan fingerprint density at radius 3 is 3.40 bits per heavy atom. The fourth-order valence-electron chi connectivity index (χ4n) is 0.917. The quantitative estimate of drug-likeness (QED) is 0.562. The predicted molar refractivity (Wildman–Crippen MR) is 44.8 cm³/mol. The Morgan fingerprint density at radius 1 is 1.40 bits per heavy atom. The molecule has 0 saturated carbocycles. The predicted octanol–water partition coefficient (Wildman–Crippen LogP) is 0.384. The lowest BCUT2D eigenvalue weighted by molar-refractivity contribution is 1.29. The zero-order chi connectivity index (χ0) is 6.81. The summed E-state index contributed by atoms with van der Waals surface area (Å²) < 4.78 is 1.30. The summed E-state index contributed by atoms with van der Waals surface area (Å²) in [4.78, 5) is 0. The zero-order valence-corrected chi connectivity index (χ0v) is 6.19. The van der Waals surface area contributed by atoms with Gasteiger partial charge in [-0.1, -0.05) is 6.08 Å². The fourth-order valence-corrected chi connectivity index (χ4v) is 1.69. The molecule has 50 valence electrons. The highest BCUT2D eigenvalue weighted by Gasteiger charge is 1.86. The van der Waals surface area contributed by atoms with E-state index in [4.69, 9.17) is 0 Å². The van der Waals surface area contributed by atoms with E-state index in [-0.39, 0.29) is 0 Å². The summed E-state index contributed by atoms with van der Waals surface area (Å²) in [7, 11) is 0. The number of allylic oxidation sites excluding steroid dienone is 1. The van der Waals surface area contributed by atoms with E-state index >= 15 is 0 Å². The third-order valence-corrected chi connectivity index (χ3v) is 2.29. The molecule has 0 atom stereocenters. The molecule has 0 fully saturated rings. The van der Waals surface area contributed by atoms with Crippen LogP contribution in [0.1, 0.15) is 0 Å². The Balaban J connectivity index is 2.82. The van der Waals surface area contributed by atoms with Crippen LogP contribution in [-0.4, -0.2) is 0 Å². The van der Waals surface area contributed by atoms with Crippen LogP contribution in [0.2, 0.25) is 0 Å². The Bertz CT molecular complexity index is 359. The van der Waals surface area contributed by atoms with Crippen molar-refractivity contribution in [1.29, 1.82) is 0 Å². The van der Waals surface area contributed by atoms with Gasteiger partial charge in [0.25, 0.3) is 0 Å². The van der Waals surface area contributed by atoms with Crippen LogP contribution in [0.5, 0.6) is 0 Å². The summed E-state index contributed by atoms with van der Waals surface area (Å²) in [6, 6.07) is 2.12. The third kappa shape index (κ3) is 0.866. The fraction of sp³-hybridized carbons (Fsp3) is 0. The largest absolute Gasteiger partial charge is 0.366 e. The van der Waals surface area contributed by atoms with E-state index in [2.05, 4.69) is 22.8 Å². The normalized spacial score (nSPS) is 14.0. The van der Waals surface area contributed by atoms with Crippen molar-refractivity contribution < 1.29 is 0 Å². The average molecular weight is 149 g/mol. The highest BCUT2D eigenvalue weighted by Crippen LogP contribution is 1.83. The summed E-state index contributed by atoms with van der Waals surface area (Å²) in [5.74, 6) is 0. The van der Waals surface area contributed by atoms with Gasteiger partial charge in [0.2, 0.25) is 0 Å². The first-order valence-electron chi connectivity index (χ1n) is 3.13. The van der Waals surface area contributed by atoms with E-state index < -0.39 is 0 Å². The Labute approximate surface area is 63.0 Å². The lowest BCUT2D eigenvalue weighted by Crippen LogP contribution is -2.18. The van der Waals surface area contributed by atoms with E-state index in [1.807, 2.05) is 18.5 Å². The Kier molecular flexibility index (Phi) is 1.32.